The van der Waals surface area contributed by atoms with E-state index in [1.807, 2.05) is 17.5 Å². The number of halogens is 2. The van der Waals surface area contributed by atoms with Gasteiger partial charge in [0, 0.05) is 17.0 Å². The zero-order valence-corrected chi connectivity index (χ0v) is 12.7. The van der Waals surface area contributed by atoms with Crippen molar-refractivity contribution in [3.05, 3.63) is 67.5 Å². The minimum Gasteiger partial charge on any atom is -0.324 e. The first-order valence-corrected chi connectivity index (χ1v) is 7.58. The highest BCUT2D eigenvalue weighted by molar-refractivity contribution is 7.09. The Balaban J connectivity index is 1.79. The van der Waals surface area contributed by atoms with Gasteiger partial charge in [0.05, 0.1) is 5.02 Å². The quantitative estimate of drug-likeness (QED) is 0.766. The van der Waals surface area contributed by atoms with E-state index >= 15 is 0 Å². The number of H-pyrrole nitrogens is 1. The van der Waals surface area contributed by atoms with Gasteiger partial charge in [0.25, 0.3) is 5.56 Å². The first-order valence-electron chi connectivity index (χ1n) is 6.32. The van der Waals surface area contributed by atoms with Crippen molar-refractivity contribution in [1.82, 2.24) is 15.2 Å². The Hall–Kier alpha value is -2.25. The molecule has 0 unspecified atom stereocenters. The van der Waals surface area contributed by atoms with Gasteiger partial charge in [0.1, 0.15) is 11.5 Å². The Bertz CT molecular complexity index is 850. The van der Waals surface area contributed by atoms with E-state index in [0.717, 1.165) is 4.88 Å². The van der Waals surface area contributed by atoms with E-state index in [4.69, 9.17) is 11.6 Å². The summed E-state index contributed by atoms with van der Waals surface area (Å²) in [5, 5.41) is 12.6. The molecule has 3 aromatic rings. The van der Waals surface area contributed by atoms with Gasteiger partial charge in [-0.05, 0) is 29.6 Å². The fraction of sp³-hybridized carbons (Fsp3) is 0.0714. The Morgan fingerprint density at radius 2 is 2.18 bits per heavy atom. The third-order valence-corrected chi connectivity index (χ3v) is 4.03. The predicted molar refractivity (Wildman–Crippen MR) is 84.5 cm³/mol. The molecular formula is C14H10ClFN4OS. The van der Waals surface area contributed by atoms with Gasteiger partial charge in [-0.1, -0.05) is 17.7 Å². The third kappa shape index (κ3) is 3.32. The van der Waals surface area contributed by atoms with Crippen LogP contribution in [0, 0.1) is 5.82 Å². The van der Waals surface area contributed by atoms with Crippen LogP contribution in [0.2, 0.25) is 5.02 Å². The molecule has 0 saturated heterocycles. The standard InChI is InChI=1S/C14H10ClFN4OS/c15-10-6-8(3-4-11(10)16)17-14-18-13(21)12(19-20-14)7-9-2-1-5-22-9/h1-6H,7H2,(H2,17,18,20,21). The van der Waals surface area contributed by atoms with Gasteiger partial charge in [0.2, 0.25) is 5.95 Å². The van der Waals surface area contributed by atoms with Gasteiger partial charge >= 0.3 is 0 Å². The summed E-state index contributed by atoms with van der Waals surface area (Å²) in [6.45, 7) is 0. The minimum absolute atomic E-state index is 0.0189. The zero-order chi connectivity index (χ0) is 15.5. The molecule has 0 fully saturated rings. The molecule has 0 saturated carbocycles. The SMILES string of the molecule is O=c1[nH]c(Nc2ccc(F)c(Cl)c2)nnc1Cc1cccs1. The molecule has 3 rings (SSSR count). The van der Waals surface area contributed by atoms with Crippen LogP contribution in [0.1, 0.15) is 10.6 Å². The van der Waals surface area contributed by atoms with Crippen molar-refractivity contribution in [3.8, 4) is 0 Å². The number of aromatic amines is 1. The monoisotopic (exact) mass is 336 g/mol. The molecule has 0 aliphatic carbocycles. The summed E-state index contributed by atoms with van der Waals surface area (Å²) in [5.74, 6) is -0.347. The second-order valence-electron chi connectivity index (χ2n) is 4.46. The smallest absolute Gasteiger partial charge is 0.274 e. The molecule has 22 heavy (non-hydrogen) atoms. The van der Waals surface area contributed by atoms with Gasteiger partial charge in [-0.3, -0.25) is 9.78 Å². The van der Waals surface area contributed by atoms with Gasteiger partial charge < -0.3 is 5.32 Å². The van der Waals surface area contributed by atoms with E-state index in [1.54, 1.807) is 11.3 Å². The van der Waals surface area contributed by atoms with Crippen LogP contribution >= 0.6 is 22.9 Å². The number of thiophene rings is 1. The van der Waals surface area contributed by atoms with E-state index in [0.29, 0.717) is 17.8 Å². The molecule has 2 aromatic heterocycles. The average molecular weight is 337 g/mol. The first-order chi connectivity index (χ1) is 10.6. The molecule has 0 amide bonds. The molecule has 0 bridgehead atoms. The molecule has 1 aromatic carbocycles. The molecule has 0 aliphatic rings. The van der Waals surface area contributed by atoms with E-state index < -0.39 is 5.82 Å². The Morgan fingerprint density at radius 1 is 1.32 bits per heavy atom. The van der Waals surface area contributed by atoms with Crippen molar-refractivity contribution in [3.63, 3.8) is 0 Å². The van der Waals surface area contributed by atoms with Gasteiger partial charge in [-0.2, -0.15) is 0 Å². The van der Waals surface area contributed by atoms with Crippen molar-refractivity contribution in [2.24, 2.45) is 0 Å². The van der Waals surface area contributed by atoms with E-state index in [9.17, 15) is 9.18 Å². The van der Waals surface area contributed by atoms with Crippen LogP contribution in [-0.4, -0.2) is 15.2 Å². The molecular weight excluding hydrogens is 327 g/mol. The number of aromatic nitrogens is 3. The lowest BCUT2D eigenvalue weighted by Crippen LogP contribution is -2.18. The van der Waals surface area contributed by atoms with Crippen LogP contribution in [0.15, 0.2) is 40.5 Å². The van der Waals surface area contributed by atoms with E-state index in [1.165, 1.54) is 18.2 Å². The highest BCUT2D eigenvalue weighted by Gasteiger charge is 2.08. The van der Waals surface area contributed by atoms with Crippen LogP contribution in [0.25, 0.3) is 0 Å². The molecule has 0 aliphatic heterocycles. The van der Waals surface area contributed by atoms with Crippen molar-refractivity contribution < 1.29 is 4.39 Å². The van der Waals surface area contributed by atoms with Crippen molar-refractivity contribution >= 4 is 34.6 Å². The lowest BCUT2D eigenvalue weighted by Gasteiger charge is -2.06. The third-order valence-electron chi connectivity index (χ3n) is 2.87. The molecule has 2 N–H and O–H groups in total. The molecule has 0 atom stereocenters. The van der Waals surface area contributed by atoms with Crippen LogP contribution in [0.5, 0.6) is 0 Å². The van der Waals surface area contributed by atoms with Crippen LogP contribution in [-0.2, 0) is 6.42 Å². The maximum Gasteiger partial charge on any atom is 0.274 e. The van der Waals surface area contributed by atoms with Crippen molar-refractivity contribution in [2.45, 2.75) is 6.42 Å². The summed E-state index contributed by atoms with van der Waals surface area (Å²) in [6.07, 6.45) is 0.433. The number of anilines is 2. The maximum absolute atomic E-state index is 13.1. The minimum atomic E-state index is -0.516. The topological polar surface area (TPSA) is 70.7 Å². The second kappa shape index (κ2) is 6.25. The number of nitrogens with zero attached hydrogens (tertiary/aromatic N) is 2. The Morgan fingerprint density at radius 3 is 2.86 bits per heavy atom. The summed E-state index contributed by atoms with van der Waals surface area (Å²) < 4.78 is 13.1. The van der Waals surface area contributed by atoms with Crippen molar-refractivity contribution in [2.75, 3.05) is 5.32 Å². The van der Waals surface area contributed by atoms with E-state index in [2.05, 4.69) is 20.5 Å². The summed E-state index contributed by atoms with van der Waals surface area (Å²) in [6, 6.07) is 7.95. The Kier molecular flexibility index (Phi) is 4.17. The second-order valence-corrected chi connectivity index (χ2v) is 5.90. The first kappa shape index (κ1) is 14.7. The lowest BCUT2D eigenvalue weighted by molar-refractivity contribution is 0.628. The largest absolute Gasteiger partial charge is 0.324 e. The lowest BCUT2D eigenvalue weighted by atomic mass is 10.3. The molecule has 0 spiro atoms. The van der Waals surface area contributed by atoms with Crippen LogP contribution in [0.3, 0.4) is 0 Å². The zero-order valence-electron chi connectivity index (χ0n) is 11.1. The molecule has 0 radical (unpaired) electrons. The summed E-state index contributed by atoms with van der Waals surface area (Å²) >= 11 is 7.24. The van der Waals surface area contributed by atoms with E-state index in [-0.39, 0.29) is 16.5 Å². The normalized spacial score (nSPS) is 10.6. The fourth-order valence-electron chi connectivity index (χ4n) is 1.82. The molecule has 5 nitrogen and oxygen atoms in total. The van der Waals surface area contributed by atoms with Gasteiger partial charge in [-0.25, -0.2) is 4.39 Å². The predicted octanol–water partition coefficient (Wildman–Crippen LogP) is 3.35. The maximum atomic E-state index is 13.1. The number of nitrogens with one attached hydrogen (secondary N) is 2. The van der Waals surface area contributed by atoms with Crippen LogP contribution in [0.4, 0.5) is 16.0 Å². The Labute approximate surface area is 133 Å². The summed E-state index contributed by atoms with van der Waals surface area (Å²) in [5.41, 5.74) is 0.520. The number of hydrogen-bond acceptors (Lipinski definition) is 5. The summed E-state index contributed by atoms with van der Waals surface area (Å²) in [7, 11) is 0. The number of rotatable bonds is 4. The van der Waals surface area contributed by atoms with Crippen molar-refractivity contribution in [1.29, 1.82) is 0 Å². The average Bonchev–Trinajstić information content (AvgIpc) is 2.99. The van der Waals surface area contributed by atoms with Crippen LogP contribution < -0.4 is 10.9 Å². The fourth-order valence-corrected chi connectivity index (χ4v) is 2.71. The summed E-state index contributed by atoms with van der Waals surface area (Å²) in [4.78, 5) is 15.6. The molecule has 8 heteroatoms. The highest BCUT2D eigenvalue weighted by Crippen LogP contribution is 2.20. The number of hydrogen-bond donors (Lipinski definition) is 2. The molecule has 2 heterocycles. The molecule has 112 valence electrons. The van der Waals surface area contributed by atoms with Gasteiger partial charge in [-0.15, -0.1) is 21.5 Å². The van der Waals surface area contributed by atoms with Gasteiger partial charge in [0.15, 0.2) is 0 Å². The highest BCUT2D eigenvalue weighted by atomic mass is 35.5. The number of benzene rings is 1.